The van der Waals surface area contributed by atoms with Gasteiger partial charge in [0, 0.05) is 21.7 Å². The molecule has 2 aromatic carbocycles. The van der Waals surface area contributed by atoms with Crippen LogP contribution in [0.2, 0.25) is 5.02 Å². The van der Waals surface area contributed by atoms with Crippen molar-refractivity contribution in [3.8, 4) is 0 Å². The molecule has 0 aliphatic rings. The highest BCUT2D eigenvalue weighted by molar-refractivity contribution is 9.10. The van der Waals surface area contributed by atoms with E-state index in [0.717, 1.165) is 11.3 Å². The van der Waals surface area contributed by atoms with Gasteiger partial charge in [0.1, 0.15) is 0 Å². The molecule has 0 spiro atoms. The van der Waals surface area contributed by atoms with Crippen molar-refractivity contribution in [1.82, 2.24) is 0 Å². The van der Waals surface area contributed by atoms with E-state index in [4.69, 9.17) is 16.7 Å². The molecule has 5 heteroatoms. The molecule has 2 rings (SSSR count). The molecule has 0 aliphatic heterocycles. The second-order valence-corrected chi connectivity index (χ2v) is 5.21. The molecule has 0 saturated heterocycles. The fourth-order valence-corrected chi connectivity index (χ4v) is 2.39. The molecular weight excluding hydrogens is 330 g/mol. The second kappa shape index (κ2) is 6.08. The van der Waals surface area contributed by atoms with E-state index in [9.17, 15) is 4.79 Å². The van der Waals surface area contributed by atoms with Crippen LogP contribution in [0.4, 0.5) is 5.69 Å². The van der Waals surface area contributed by atoms with Gasteiger partial charge in [-0.3, -0.25) is 0 Å². The lowest BCUT2D eigenvalue weighted by atomic mass is 10.2. The number of halogens is 2. The second-order valence-electron chi connectivity index (χ2n) is 3.94. The average Bonchev–Trinajstić information content (AvgIpc) is 2.37. The Labute approximate surface area is 124 Å². The third-order valence-electron chi connectivity index (χ3n) is 2.64. The molecule has 3 nitrogen and oxygen atoms in total. The van der Waals surface area contributed by atoms with Gasteiger partial charge in [0.25, 0.3) is 0 Å². The summed E-state index contributed by atoms with van der Waals surface area (Å²) < 4.78 is 0.546. The van der Waals surface area contributed by atoms with Crippen LogP contribution in [0.15, 0.2) is 46.9 Å². The Hall–Kier alpha value is -1.52. The molecule has 2 N–H and O–H groups in total. The van der Waals surface area contributed by atoms with Gasteiger partial charge in [-0.25, -0.2) is 4.79 Å². The van der Waals surface area contributed by atoms with Crippen molar-refractivity contribution < 1.29 is 9.90 Å². The summed E-state index contributed by atoms with van der Waals surface area (Å²) >= 11 is 9.30. The predicted octanol–water partition coefficient (Wildman–Crippen LogP) is 4.41. The van der Waals surface area contributed by atoms with Gasteiger partial charge in [0.2, 0.25) is 0 Å². The number of hydrogen-bond donors (Lipinski definition) is 2. The minimum absolute atomic E-state index is 0.239. The molecular formula is C14H11BrClNO2. The van der Waals surface area contributed by atoms with Crippen LogP contribution in [-0.4, -0.2) is 11.1 Å². The molecule has 98 valence electrons. The zero-order chi connectivity index (χ0) is 13.8. The van der Waals surface area contributed by atoms with Crippen LogP contribution in [0.1, 0.15) is 15.9 Å². The van der Waals surface area contributed by atoms with Crippen molar-refractivity contribution in [2.24, 2.45) is 0 Å². The molecule has 0 atom stereocenters. The van der Waals surface area contributed by atoms with E-state index in [0.29, 0.717) is 16.0 Å². The zero-order valence-electron chi connectivity index (χ0n) is 9.86. The summed E-state index contributed by atoms with van der Waals surface area (Å²) in [5, 5.41) is 12.8. The Kier molecular flexibility index (Phi) is 4.45. The fourth-order valence-electron chi connectivity index (χ4n) is 1.64. The van der Waals surface area contributed by atoms with Crippen molar-refractivity contribution in [3.63, 3.8) is 0 Å². The van der Waals surface area contributed by atoms with Crippen LogP contribution in [0, 0.1) is 0 Å². The molecule has 0 bridgehead atoms. The van der Waals surface area contributed by atoms with E-state index >= 15 is 0 Å². The first kappa shape index (κ1) is 13.9. The first-order chi connectivity index (χ1) is 9.08. The maximum Gasteiger partial charge on any atom is 0.336 e. The lowest BCUT2D eigenvalue weighted by Gasteiger charge is -2.09. The van der Waals surface area contributed by atoms with Crippen molar-refractivity contribution in [2.75, 3.05) is 5.32 Å². The molecule has 0 unspecified atom stereocenters. The SMILES string of the molecule is O=C(O)c1ccc(NCc2ccccc2Cl)cc1Br. The summed E-state index contributed by atoms with van der Waals surface area (Å²) in [5.74, 6) is -0.954. The topological polar surface area (TPSA) is 49.3 Å². The number of carboxylic acid groups (broad SMARTS) is 1. The Morgan fingerprint density at radius 3 is 2.63 bits per heavy atom. The Balaban J connectivity index is 2.11. The van der Waals surface area contributed by atoms with Crippen molar-refractivity contribution in [2.45, 2.75) is 6.54 Å². The molecule has 2 aromatic rings. The van der Waals surface area contributed by atoms with Gasteiger partial charge < -0.3 is 10.4 Å². The minimum atomic E-state index is -0.954. The highest BCUT2D eigenvalue weighted by atomic mass is 79.9. The number of carboxylic acids is 1. The van der Waals surface area contributed by atoms with Crippen LogP contribution >= 0.6 is 27.5 Å². The summed E-state index contributed by atoms with van der Waals surface area (Å²) in [6, 6.07) is 12.6. The van der Waals surface area contributed by atoms with Crippen LogP contribution in [-0.2, 0) is 6.54 Å². The summed E-state index contributed by atoms with van der Waals surface area (Å²) in [4.78, 5) is 10.9. The average molecular weight is 341 g/mol. The fraction of sp³-hybridized carbons (Fsp3) is 0.0714. The molecule has 19 heavy (non-hydrogen) atoms. The van der Waals surface area contributed by atoms with Crippen LogP contribution in [0.3, 0.4) is 0 Å². The molecule has 0 radical (unpaired) electrons. The molecule has 0 saturated carbocycles. The van der Waals surface area contributed by atoms with Gasteiger partial charge in [0.05, 0.1) is 5.56 Å². The maximum absolute atomic E-state index is 10.9. The highest BCUT2D eigenvalue weighted by Gasteiger charge is 2.08. The smallest absolute Gasteiger partial charge is 0.336 e. The number of aromatic carboxylic acids is 1. The molecule has 0 aromatic heterocycles. The quantitative estimate of drug-likeness (QED) is 0.866. The monoisotopic (exact) mass is 339 g/mol. The lowest BCUT2D eigenvalue weighted by Crippen LogP contribution is -2.02. The number of carbonyl (C=O) groups is 1. The van der Waals surface area contributed by atoms with Crippen molar-refractivity contribution in [1.29, 1.82) is 0 Å². The Morgan fingerprint density at radius 1 is 1.26 bits per heavy atom. The Morgan fingerprint density at radius 2 is 2.00 bits per heavy atom. The number of nitrogens with one attached hydrogen (secondary N) is 1. The largest absolute Gasteiger partial charge is 0.478 e. The van der Waals surface area contributed by atoms with E-state index < -0.39 is 5.97 Å². The maximum atomic E-state index is 10.9. The van der Waals surface area contributed by atoms with Gasteiger partial charge in [-0.05, 0) is 45.8 Å². The van der Waals surface area contributed by atoms with Crippen LogP contribution < -0.4 is 5.32 Å². The lowest BCUT2D eigenvalue weighted by molar-refractivity contribution is 0.0696. The van der Waals surface area contributed by atoms with Gasteiger partial charge in [-0.1, -0.05) is 29.8 Å². The number of anilines is 1. The first-order valence-electron chi connectivity index (χ1n) is 5.58. The zero-order valence-corrected chi connectivity index (χ0v) is 12.2. The van der Waals surface area contributed by atoms with Gasteiger partial charge in [0.15, 0.2) is 0 Å². The van der Waals surface area contributed by atoms with Gasteiger partial charge >= 0.3 is 5.97 Å². The third kappa shape index (κ3) is 3.49. The molecule has 0 amide bonds. The number of hydrogen-bond acceptors (Lipinski definition) is 2. The standard InChI is InChI=1S/C14H11BrClNO2/c15-12-7-10(5-6-11(12)14(18)19)17-8-9-3-1-2-4-13(9)16/h1-7,17H,8H2,(H,18,19). The molecule has 0 heterocycles. The normalized spacial score (nSPS) is 10.2. The van der Waals surface area contributed by atoms with Crippen molar-refractivity contribution >= 4 is 39.2 Å². The summed E-state index contributed by atoms with van der Waals surface area (Å²) in [7, 11) is 0. The highest BCUT2D eigenvalue weighted by Crippen LogP contribution is 2.23. The number of benzene rings is 2. The summed E-state index contributed by atoms with van der Waals surface area (Å²) in [5.41, 5.74) is 2.06. The summed E-state index contributed by atoms with van der Waals surface area (Å²) in [6.45, 7) is 0.582. The van der Waals surface area contributed by atoms with Crippen LogP contribution in [0.5, 0.6) is 0 Å². The summed E-state index contributed by atoms with van der Waals surface area (Å²) in [6.07, 6.45) is 0. The van der Waals surface area contributed by atoms with E-state index in [1.54, 1.807) is 18.2 Å². The van der Waals surface area contributed by atoms with Crippen LogP contribution in [0.25, 0.3) is 0 Å². The van der Waals surface area contributed by atoms with E-state index in [1.807, 2.05) is 24.3 Å². The molecule has 0 aliphatic carbocycles. The van der Waals surface area contributed by atoms with Gasteiger partial charge in [-0.2, -0.15) is 0 Å². The van der Waals surface area contributed by atoms with E-state index in [2.05, 4.69) is 21.2 Å². The predicted molar refractivity (Wildman–Crippen MR) is 79.9 cm³/mol. The van der Waals surface area contributed by atoms with E-state index in [1.165, 1.54) is 0 Å². The minimum Gasteiger partial charge on any atom is -0.478 e. The first-order valence-corrected chi connectivity index (χ1v) is 6.75. The van der Waals surface area contributed by atoms with E-state index in [-0.39, 0.29) is 5.56 Å². The number of rotatable bonds is 4. The third-order valence-corrected chi connectivity index (χ3v) is 3.67. The Bertz CT molecular complexity index is 616. The van der Waals surface area contributed by atoms with Crippen molar-refractivity contribution in [3.05, 3.63) is 63.1 Å². The molecule has 0 fully saturated rings. The van der Waals surface area contributed by atoms with Gasteiger partial charge in [-0.15, -0.1) is 0 Å².